The standard InChI is InChI=1S/C16H21N5O3/c1-11-15(12(2)19-18-11)17-14(22)10-20-5-7-21(8-6-20)16(23)13-4-3-9-24-13/h3-4,9H,5-8,10H2,1-2H3,(H,17,22)(H,18,19). The number of rotatable bonds is 4. The zero-order valence-corrected chi connectivity index (χ0v) is 13.8. The monoisotopic (exact) mass is 331 g/mol. The molecule has 0 bridgehead atoms. The highest BCUT2D eigenvalue weighted by molar-refractivity contribution is 5.93. The Morgan fingerprint density at radius 3 is 2.62 bits per heavy atom. The summed E-state index contributed by atoms with van der Waals surface area (Å²) in [5.74, 6) is 0.175. The summed E-state index contributed by atoms with van der Waals surface area (Å²) in [7, 11) is 0. The number of nitrogens with zero attached hydrogens (tertiary/aromatic N) is 3. The molecule has 0 unspecified atom stereocenters. The Morgan fingerprint density at radius 2 is 2.04 bits per heavy atom. The summed E-state index contributed by atoms with van der Waals surface area (Å²) in [6, 6.07) is 3.37. The van der Waals surface area contributed by atoms with Gasteiger partial charge < -0.3 is 14.6 Å². The van der Waals surface area contributed by atoms with E-state index in [-0.39, 0.29) is 11.8 Å². The lowest BCUT2D eigenvalue weighted by Gasteiger charge is -2.33. The molecule has 8 nitrogen and oxygen atoms in total. The number of carbonyl (C=O) groups is 2. The van der Waals surface area contributed by atoms with E-state index in [1.807, 2.05) is 18.7 Å². The van der Waals surface area contributed by atoms with Gasteiger partial charge in [-0.2, -0.15) is 5.10 Å². The van der Waals surface area contributed by atoms with Crippen LogP contribution >= 0.6 is 0 Å². The van der Waals surface area contributed by atoms with Crippen molar-refractivity contribution in [1.29, 1.82) is 0 Å². The first-order valence-electron chi connectivity index (χ1n) is 7.91. The maximum absolute atomic E-state index is 12.2. The maximum atomic E-state index is 12.2. The van der Waals surface area contributed by atoms with Crippen LogP contribution in [0.4, 0.5) is 5.69 Å². The fraction of sp³-hybridized carbons (Fsp3) is 0.438. The largest absolute Gasteiger partial charge is 0.459 e. The van der Waals surface area contributed by atoms with Gasteiger partial charge in [-0.25, -0.2) is 0 Å². The van der Waals surface area contributed by atoms with E-state index in [0.29, 0.717) is 38.5 Å². The SMILES string of the molecule is Cc1n[nH]c(C)c1NC(=O)CN1CCN(C(=O)c2ccco2)CC1. The first-order valence-corrected chi connectivity index (χ1v) is 7.91. The third-order valence-electron chi connectivity index (χ3n) is 4.15. The van der Waals surface area contributed by atoms with Crippen molar-refractivity contribution in [1.82, 2.24) is 20.0 Å². The second-order valence-electron chi connectivity index (χ2n) is 5.90. The molecule has 3 rings (SSSR count). The summed E-state index contributed by atoms with van der Waals surface area (Å²) >= 11 is 0. The lowest BCUT2D eigenvalue weighted by molar-refractivity contribution is -0.117. The highest BCUT2D eigenvalue weighted by Crippen LogP contribution is 2.16. The molecule has 1 aliphatic rings. The van der Waals surface area contributed by atoms with E-state index in [4.69, 9.17) is 4.42 Å². The van der Waals surface area contributed by atoms with Gasteiger partial charge in [0.1, 0.15) is 0 Å². The molecule has 1 saturated heterocycles. The van der Waals surface area contributed by atoms with E-state index in [1.165, 1.54) is 6.26 Å². The van der Waals surface area contributed by atoms with Crippen LogP contribution in [0.3, 0.4) is 0 Å². The van der Waals surface area contributed by atoms with Crippen LogP contribution in [0, 0.1) is 13.8 Å². The molecule has 24 heavy (non-hydrogen) atoms. The molecule has 2 aromatic rings. The van der Waals surface area contributed by atoms with Crippen molar-refractivity contribution in [2.75, 3.05) is 38.0 Å². The Labute approximate surface area is 139 Å². The van der Waals surface area contributed by atoms with Crippen LogP contribution in [0.1, 0.15) is 21.9 Å². The topological polar surface area (TPSA) is 94.5 Å². The molecule has 0 aromatic carbocycles. The number of nitrogens with one attached hydrogen (secondary N) is 2. The molecule has 0 radical (unpaired) electrons. The van der Waals surface area contributed by atoms with E-state index >= 15 is 0 Å². The number of piperazine rings is 1. The molecule has 1 fully saturated rings. The maximum Gasteiger partial charge on any atom is 0.289 e. The van der Waals surface area contributed by atoms with Crippen molar-refractivity contribution in [3.8, 4) is 0 Å². The number of aromatic amines is 1. The van der Waals surface area contributed by atoms with Gasteiger partial charge in [-0.05, 0) is 26.0 Å². The number of H-pyrrole nitrogens is 1. The molecule has 0 atom stereocenters. The van der Waals surface area contributed by atoms with Crippen LogP contribution in [0.25, 0.3) is 0 Å². The average Bonchev–Trinajstić information content (AvgIpc) is 3.21. The molecule has 2 amide bonds. The summed E-state index contributed by atoms with van der Waals surface area (Å²) in [5.41, 5.74) is 2.36. The summed E-state index contributed by atoms with van der Waals surface area (Å²) < 4.78 is 5.14. The van der Waals surface area contributed by atoms with Gasteiger partial charge >= 0.3 is 0 Å². The van der Waals surface area contributed by atoms with E-state index < -0.39 is 0 Å². The smallest absolute Gasteiger partial charge is 0.289 e. The molecule has 8 heteroatoms. The normalized spacial score (nSPS) is 15.5. The Balaban J connectivity index is 1.48. The van der Waals surface area contributed by atoms with Crippen LogP contribution in [-0.4, -0.2) is 64.5 Å². The summed E-state index contributed by atoms with van der Waals surface area (Å²) in [5, 5.41) is 9.80. The van der Waals surface area contributed by atoms with Crippen LogP contribution in [0.5, 0.6) is 0 Å². The molecule has 128 valence electrons. The molecule has 2 N–H and O–H groups in total. The van der Waals surface area contributed by atoms with Crippen molar-refractivity contribution in [2.24, 2.45) is 0 Å². The summed E-state index contributed by atoms with van der Waals surface area (Å²) in [6.45, 7) is 6.49. The quantitative estimate of drug-likeness (QED) is 0.872. The second kappa shape index (κ2) is 6.88. The Bertz CT molecular complexity index is 695. The summed E-state index contributed by atoms with van der Waals surface area (Å²) in [4.78, 5) is 28.2. The van der Waals surface area contributed by atoms with Crippen molar-refractivity contribution in [3.63, 3.8) is 0 Å². The van der Waals surface area contributed by atoms with Crippen molar-refractivity contribution >= 4 is 17.5 Å². The molecule has 3 heterocycles. The lowest BCUT2D eigenvalue weighted by Crippen LogP contribution is -2.50. The molecule has 2 aromatic heterocycles. The second-order valence-corrected chi connectivity index (χ2v) is 5.90. The lowest BCUT2D eigenvalue weighted by atomic mass is 10.2. The number of anilines is 1. The van der Waals surface area contributed by atoms with E-state index in [1.54, 1.807) is 17.0 Å². The van der Waals surface area contributed by atoms with Gasteiger partial charge in [0.2, 0.25) is 5.91 Å². The number of hydrogen-bond donors (Lipinski definition) is 2. The van der Waals surface area contributed by atoms with Crippen LogP contribution in [0.2, 0.25) is 0 Å². The van der Waals surface area contributed by atoms with Gasteiger partial charge in [-0.15, -0.1) is 0 Å². The number of aryl methyl sites for hydroxylation is 2. The number of aromatic nitrogens is 2. The first-order chi connectivity index (χ1) is 11.5. The fourth-order valence-electron chi connectivity index (χ4n) is 2.78. The minimum absolute atomic E-state index is 0.0755. The zero-order chi connectivity index (χ0) is 17.1. The fourth-order valence-corrected chi connectivity index (χ4v) is 2.78. The van der Waals surface area contributed by atoms with Gasteiger partial charge in [0.25, 0.3) is 5.91 Å². The number of furan rings is 1. The summed E-state index contributed by atoms with van der Waals surface area (Å²) in [6.07, 6.45) is 1.49. The molecule has 0 saturated carbocycles. The van der Waals surface area contributed by atoms with Gasteiger partial charge in [0, 0.05) is 26.2 Å². The van der Waals surface area contributed by atoms with Gasteiger partial charge in [-0.1, -0.05) is 0 Å². The predicted molar refractivity (Wildman–Crippen MR) is 87.7 cm³/mol. The minimum atomic E-state index is -0.103. The average molecular weight is 331 g/mol. The molecule has 1 aliphatic heterocycles. The number of amides is 2. The van der Waals surface area contributed by atoms with Crippen LogP contribution in [-0.2, 0) is 4.79 Å². The Hall–Kier alpha value is -2.61. The van der Waals surface area contributed by atoms with Gasteiger partial charge in [0.05, 0.1) is 29.9 Å². The first kappa shape index (κ1) is 16.3. The number of carbonyl (C=O) groups excluding carboxylic acids is 2. The third-order valence-corrected chi connectivity index (χ3v) is 4.15. The van der Waals surface area contributed by atoms with E-state index in [2.05, 4.69) is 15.5 Å². The highest BCUT2D eigenvalue weighted by atomic mass is 16.3. The molecular weight excluding hydrogens is 310 g/mol. The number of hydrogen-bond acceptors (Lipinski definition) is 5. The Kier molecular flexibility index (Phi) is 4.66. The highest BCUT2D eigenvalue weighted by Gasteiger charge is 2.24. The van der Waals surface area contributed by atoms with Crippen molar-refractivity contribution < 1.29 is 14.0 Å². The predicted octanol–water partition coefficient (Wildman–Crippen LogP) is 1.02. The van der Waals surface area contributed by atoms with Crippen molar-refractivity contribution in [2.45, 2.75) is 13.8 Å². The zero-order valence-electron chi connectivity index (χ0n) is 13.8. The Morgan fingerprint density at radius 1 is 1.29 bits per heavy atom. The van der Waals surface area contributed by atoms with Gasteiger partial charge in [0.15, 0.2) is 5.76 Å². The van der Waals surface area contributed by atoms with E-state index in [9.17, 15) is 9.59 Å². The van der Waals surface area contributed by atoms with Crippen molar-refractivity contribution in [3.05, 3.63) is 35.5 Å². The van der Waals surface area contributed by atoms with Crippen LogP contribution in [0.15, 0.2) is 22.8 Å². The van der Waals surface area contributed by atoms with Crippen LogP contribution < -0.4 is 5.32 Å². The minimum Gasteiger partial charge on any atom is -0.459 e. The third kappa shape index (κ3) is 3.48. The molecular formula is C16H21N5O3. The molecule has 0 spiro atoms. The van der Waals surface area contributed by atoms with E-state index in [0.717, 1.165) is 17.1 Å². The van der Waals surface area contributed by atoms with Gasteiger partial charge in [-0.3, -0.25) is 19.6 Å². The molecule has 0 aliphatic carbocycles.